The highest BCUT2D eigenvalue weighted by Crippen LogP contribution is 2.17. The van der Waals surface area contributed by atoms with Gasteiger partial charge in [0.2, 0.25) is 0 Å². The van der Waals surface area contributed by atoms with E-state index >= 15 is 0 Å². The van der Waals surface area contributed by atoms with Gasteiger partial charge in [-0.3, -0.25) is 4.79 Å². The average molecular weight is 226 g/mol. The summed E-state index contributed by atoms with van der Waals surface area (Å²) in [5, 5.41) is 0. The summed E-state index contributed by atoms with van der Waals surface area (Å²) in [4.78, 5) is 11.6. The first-order chi connectivity index (χ1) is 7.56. The summed E-state index contributed by atoms with van der Waals surface area (Å²) >= 11 is 0. The Morgan fingerprint density at radius 2 is 1.88 bits per heavy atom. The summed E-state index contributed by atoms with van der Waals surface area (Å²) in [6.07, 6.45) is 2.94. The van der Waals surface area contributed by atoms with Gasteiger partial charge in [0.1, 0.15) is 11.6 Å². The SMILES string of the molecule is CCCCCC(=O)c1cc(F)c(C)cc1F. The van der Waals surface area contributed by atoms with Crippen LogP contribution in [-0.4, -0.2) is 5.78 Å². The summed E-state index contributed by atoms with van der Waals surface area (Å²) in [7, 11) is 0. The lowest BCUT2D eigenvalue weighted by molar-refractivity contribution is 0.0975. The van der Waals surface area contributed by atoms with Crippen molar-refractivity contribution in [1.82, 2.24) is 0 Å². The zero-order chi connectivity index (χ0) is 12.1. The molecule has 0 atom stereocenters. The van der Waals surface area contributed by atoms with E-state index in [1.165, 1.54) is 6.92 Å². The van der Waals surface area contributed by atoms with E-state index in [2.05, 4.69) is 0 Å². The molecule has 0 aliphatic rings. The quantitative estimate of drug-likeness (QED) is 0.547. The molecule has 0 radical (unpaired) electrons. The van der Waals surface area contributed by atoms with E-state index < -0.39 is 11.6 Å². The summed E-state index contributed by atoms with van der Waals surface area (Å²) in [6, 6.07) is 2.07. The Kier molecular flexibility index (Phi) is 4.59. The minimum Gasteiger partial charge on any atom is -0.294 e. The van der Waals surface area contributed by atoms with Crippen molar-refractivity contribution < 1.29 is 13.6 Å². The molecule has 0 bridgehead atoms. The van der Waals surface area contributed by atoms with Crippen LogP contribution in [0, 0.1) is 18.6 Å². The molecule has 16 heavy (non-hydrogen) atoms. The first kappa shape index (κ1) is 12.8. The molecule has 0 aliphatic heterocycles. The molecule has 0 N–H and O–H groups in total. The molecule has 0 saturated heterocycles. The molecule has 1 aromatic carbocycles. The van der Waals surface area contributed by atoms with Gasteiger partial charge in [-0.1, -0.05) is 19.8 Å². The fourth-order valence-electron chi connectivity index (χ4n) is 1.53. The highest BCUT2D eigenvalue weighted by molar-refractivity contribution is 5.96. The summed E-state index contributed by atoms with van der Waals surface area (Å²) < 4.78 is 26.6. The van der Waals surface area contributed by atoms with E-state index in [1.54, 1.807) is 0 Å². The number of Topliss-reactive ketones (excluding diaryl/α,β-unsaturated/α-hetero) is 1. The van der Waals surface area contributed by atoms with Crippen LogP contribution in [0.5, 0.6) is 0 Å². The number of hydrogen-bond acceptors (Lipinski definition) is 1. The monoisotopic (exact) mass is 226 g/mol. The molecule has 0 aliphatic carbocycles. The van der Waals surface area contributed by atoms with E-state index in [4.69, 9.17) is 0 Å². The third-order valence-electron chi connectivity index (χ3n) is 2.56. The molecule has 0 unspecified atom stereocenters. The Balaban J connectivity index is 2.79. The predicted octanol–water partition coefficient (Wildman–Crippen LogP) is 4.04. The van der Waals surface area contributed by atoms with Gasteiger partial charge in [-0.25, -0.2) is 8.78 Å². The summed E-state index contributed by atoms with van der Waals surface area (Å²) in [6.45, 7) is 3.50. The van der Waals surface area contributed by atoms with E-state index in [1.807, 2.05) is 6.92 Å². The molecule has 0 aromatic heterocycles. The Morgan fingerprint density at radius 3 is 2.50 bits per heavy atom. The maximum absolute atomic E-state index is 13.4. The first-order valence-electron chi connectivity index (χ1n) is 5.55. The maximum atomic E-state index is 13.4. The first-order valence-corrected chi connectivity index (χ1v) is 5.55. The predicted molar refractivity (Wildman–Crippen MR) is 59.6 cm³/mol. The van der Waals surface area contributed by atoms with E-state index in [0.717, 1.165) is 31.4 Å². The standard InChI is InChI=1S/C13H16F2O/c1-3-4-5-6-13(16)10-8-11(14)9(2)7-12(10)15/h7-8H,3-6H2,1-2H3. The van der Waals surface area contributed by atoms with Gasteiger partial charge in [-0.2, -0.15) is 0 Å². The molecule has 0 heterocycles. The zero-order valence-electron chi connectivity index (χ0n) is 9.65. The fraction of sp³-hybridized carbons (Fsp3) is 0.462. The number of carbonyl (C=O) groups is 1. The van der Waals surface area contributed by atoms with Crippen LogP contribution in [0.4, 0.5) is 8.78 Å². The van der Waals surface area contributed by atoms with Gasteiger partial charge < -0.3 is 0 Å². The average Bonchev–Trinajstić information content (AvgIpc) is 2.23. The number of unbranched alkanes of at least 4 members (excludes halogenated alkanes) is 2. The largest absolute Gasteiger partial charge is 0.294 e. The van der Waals surface area contributed by atoms with Crippen LogP contribution in [0.3, 0.4) is 0 Å². The van der Waals surface area contributed by atoms with Crippen molar-refractivity contribution in [2.24, 2.45) is 0 Å². The van der Waals surface area contributed by atoms with Gasteiger partial charge in [0.05, 0.1) is 5.56 Å². The van der Waals surface area contributed by atoms with E-state index in [9.17, 15) is 13.6 Å². The van der Waals surface area contributed by atoms with Crippen LogP contribution in [0.1, 0.15) is 48.5 Å². The molecular formula is C13H16F2O. The van der Waals surface area contributed by atoms with E-state index in [0.29, 0.717) is 0 Å². The van der Waals surface area contributed by atoms with E-state index in [-0.39, 0.29) is 23.3 Å². The lowest BCUT2D eigenvalue weighted by Crippen LogP contribution is -2.04. The van der Waals surface area contributed by atoms with Crippen LogP contribution in [0.2, 0.25) is 0 Å². The second-order valence-corrected chi connectivity index (χ2v) is 3.96. The van der Waals surface area contributed by atoms with Crippen LogP contribution in [-0.2, 0) is 0 Å². The van der Waals surface area contributed by atoms with Crippen LogP contribution < -0.4 is 0 Å². The minimum absolute atomic E-state index is 0.126. The Labute approximate surface area is 94.5 Å². The third kappa shape index (κ3) is 3.12. The van der Waals surface area contributed by atoms with Crippen molar-refractivity contribution in [2.45, 2.75) is 39.5 Å². The summed E-state index contributed by atoms with van der Waals surface area (Å²) in [5.41, 5.74) is 0.0989. The van der Waals surface area contributed by atoms with Gasteiger partial charge in [0.15, 0.2) is 5.78 Å². The highest BCUT2D eigenvalue weighted by atomic mass is 19.1. The Hall–Kier alpha value is -1.25. The highest BCUT2D eigenvalue weighted by Gasteiger charge is 2.13. The third-order valence-corrected chi connectivity index (χ3v) is 2.56. The van der Waals surface area contributed by atoms with Crippen LogP contribution in [0.15, 0.2) is 12.1 Å². The molecule has 1 nitrogen and oxygen atoms in total. The van der Waals surface area contributed by atoms with Gasteiger partial charge in [0, 0.05) is 6.42 Å². The number of halogens is 2. The van der Waals surface area contributed by atoms with Gasteiger partial charge in [-0.05, 0) is 31.0 Å². The minimum atomic E-state index is -0.625. The van der Waals surface area contributed by atoms with Gasteiger partial charge in [0.25, 0.3) is 0 Å². The van der Waals surface area contributed by atoms with Gasteiger partial charge >= 0.3 is 0 Å². The Bertz CT molecular complexity index is 386. The fourth-order valence-corrected chi connectivity index (χ4v) is 1.53. The molecule has 0 amide bonds. The molecule has 0 fully saturated rings. The molecule has 0 saturated carbocycles. The molecule has 3 heteroatoms. The molecular weight excluding hydrogens is 210 g/mol. The van der Waals surface area contributed by atoms with Crippen molar-refractivity contribution in [2.75, 3.05) is 0 Å². The second-order valence-electron chi connectivity index (χ2n) is 3.96. The molecule has 0 spiro atoms. The summed E-state index contributed by atoms with van der Waals surface area (Å²) in [5.74, 6) is -1.47. The number of carbonyl (C=O) groups excluding carboxylic acids is 1. The molecule has 1 rings (SSSR count). The van der Waals surface area contributed by atoms with Crippen molar-refractivity contribution in [3.8, 4) is 0 Å². The van der Waals surface area contributed by atoms with Gasteiger partial charge in [-0.15, -0.1) is 0 Å². The topological polar surface area (TPSA) is 17.1 Å². The van der Waals surface area contributed by atoms with Crippen molar-refractivity contribution in [3.05, 3.63) is 34.9 Å². The number of rotatable bonds is 5. The normalized spacial score (nSPS) is 10.5. The smallest absolute Gasteiger partial charge is 0.165 e. The van der Waals surface area contributed by atoms with Crippen molar-refractivity contribution >= 4 is 5.78 Å². The lowest BCUT2D eigenvalue weighted by atomic mass is 10.0. The zero-order valence-corrected chi connectivity index (χ0v) is 9.65. The Morgan fingerprint density at radius 1 is 1.19 bits per heavy atom. The van der Waals surface area contributed by atoms with Crippen molar-refractivity contribution in [1.29, 1.82) is 0 Å². The van der Waals surface area contributed by atoms with Crippen LogP contribution in [0.25, 0.3) is 0 Å². The lowest BCUT2D eigenvalue weighted by Gasteiger charge is -2.04. The van der Waals surface area contributed by atoms with Crippen molar-refractivity contribution in [3.63, 3.8) is 0 Å². The second kappa shape index (κ2) is 5.73. The number of ketones is 1. The molecule has 1 aromatic rings. The number of hydrogen-bond donors (Lipinski definition) is 0. The van der Waals surface area contributed by atoms with Crippen LogP contribution >= 0.6 is 0 Å². The number of benzene rings is 1. The number of aryl methyl sites for hydroxylation is 1. The maximum Gasteiger partial charge on any atom is 0.165 e. The molecule has 88 valence electrons.